The molecule has 56 valence electrons. The predicted octanol–water partition coefficient (Wildman–Crippen LogP) is 1.69. The van der Waals surface area contributed by atoms with E-state index < -0.39 is 0 Å². The van der Waals surface area contributed by atoms with Gasteiger partial charge in [0.15, 0.2) is 10.8 Å². The highest BCUT2D eigenvalue weighted by atomic mass is 35.5. The van der Waals surface area contributed by atoms with Crippen LogP contribution in [-0.4, -0.2) is 14.6 Å². The molecule has 0 atom stereocenters. The summed E-state index contributed by atoms with van der Waals surface area (Å²) < 4.78 is 1.66. The van der Waals surface area contributed by atoms with Gasteiger partial charge >= 0.3 is 0 Å². The van der Waals surface area contributed by atoms with E-state index in [-0.39, 0.29) is 0 Å². The van der Waals surface area contributed by atoms with Gasteiger partial charge in [-0.2, -0.15) is 5.10 Å². The molecule has 0 aromatic carbocycles. The zero-order valence-corrected chi connectivity index (χ0v) is 6.71. The lowest BCUT2D eigenvalue weighted by atomic mass is 10.4. The average molecular weight is 168 g/mol. The van der Waals surface area contributed by atoms with Crippen LogP contribution in [0.15, 0.2) is 18.5 Å². The molecule has 2 aromatic heterocycles. The number of hydrogen-bond acceptors (Lipinski definition) is 2. The Kier molecular flexibility index (Phi) is 1.32. The molecule has 0 aliphatic rings. The second-order valence-corrected chi connectivity index (χ2v) is 2.79. The third kappa shape index (κ3) is 1.07. The van der Waals surface area contributed by atoms with Gasteiger partial charge in [0.2, 0.25) is 0 Å². The van der Waals surface area contributed by atoms with Crippen molar-refractivity contribution in [1.82, 2.24) is 14.6 Å². The van der Waals surface area contributed by atoms with Gasteiger partial charge < -0.3 is 0 Å². The maximum atomic E-state index is 5.66. The fraction of sp³-hybridized carbons (Fsp3) is 0.143. The van der Waals surface area contributed by atoms with E-state index in [0.717, 1.165) is 11.2 Å². The first-order valence-corrected chi connectivity index (χ1v) is 3.61. The fourth-order valence-electron chi connectivity index (χ4n) is 0.941. The maximum Gasteiger partial charge on any atom is 0.156 e. The van der Waals surface area contributed by atoms with Gasteiger partial charge in [-0.25, -0.2) is 9.50 Å². The van der Waals surface area contributed by atoms with Crippen molar-refractivity contribution in [2.45, 2.75) is 6.92 Å². The summed E-state index contributed by atoms with van der Waals surface area (Å²) in [7, 11) is 0. The average Bonchev–Trinajstić information content (AvgIpc) is 2.27. The van der Waals surface area contributed by atoms with Crippen molar-refractivity contribution in [2.75, 3.05) is 0 Å². The quantitative estimate of drug-likeness (QED) is 0.598. The Labute approximate surface area is 68.6 Å². The molecule has 0 N–H and O–H groups in total. The lowest BCUT2D eigenvalue weighted by Crippen LogP contribution is -1.89. The smallest absolute Gasteiger partial charge is 0.156 e. The lowest BCUT2D eigenvalue weighted by Gasteiger charge is -1.91. The van der Waals surface area contributed by atoms with Crippen molar-refractivity contribution in [3.05, 3.63) is 29.2 Å². The molecule has 2 heterocycles. The fourth-order valence-corrected chi connectivity index (χ4v) is 1.12. The topological polar surface area (TPSA) is 30.2 Å². The van der Waals surface area contributed by atoms with Crippen LogP contribution in [0.2, 0.25) is 5.15 Å². The summed E-state index contributed by atoms with van der Waals surface area (Å²) in [6.45, 7) is 1.96. The Morgan fingerprint density at radius 1 is 1.55 bits per heavy atom. The zero-order valence-electron chi connectivity index (χ0n) is 5.95. The summed E-state index contributed by atoms with van der Waals surface area (Å²) in [6.07, 6.45) is 3.67. The second-order valence-electron chi connectivity index (χ2n) is 2.40. The first-order valence-electron chi connectivity index (χ1n) is 3.23. The molecular formula is C7H6ClN3. The standard InChI is InChI=1S/C7H6ClN3/c1-5-3-9-7-2-6(8)10-11(7)4-5/h2-4H,1H3. The van der Waals surface area contributed by atoms with E-state index in [1.54, 1.807) is 16.8 Å². The summed E-state index contributed by atoms with van der Waals surface area (Å²) >= 11 is 5.66. The third-order valence-electron chi connectivity index (χ3n) is 1.41. The Morgan fingerprint density at radius 2 is 2.36 bits per heavy atom. The van der Waals surface area contributed by atoms with Crippen LogP contribution in [0.25, 0.3) is 5.65 Å². The van der Waals surface area contributed by atoms with Gasteiger partial charge in [0, 0.05) is 18.5 Å². The van der Waals surface area contributed by atoms with Crippen LogP contribution in [0.3, 0.4) is 0 Å². The molecule has 0 aliphatic heterocycles. The van der Waals surface area contributed by atoms with E-state index in [9.17, 15) is 0 Å². The van der Waals surface area contributed by atoms with Crippen molar-refractivity contribution in [3.8, 4) is 0 Å². The predicted molar refractivity (Wildman–Crippen MR) is 42.7 cm³/mol. The van der Waals surface area contributed by atoms with E-state index in [0.29, 0.717) is 5.15 Å². The number of nitrogens with zero attached hydrogens (tertiary/aromatic N) is 3. The van der Waals surface area contributed by atoms with Gasteiger partial charge in [-0.15, -0.1) is 0 Å². The summed E-state index contributed by atoms with van der Waals surface area (Å²) in [4.78, 5) is 4.12. The summed E-state index contributed by atoms with van der Waals surface area (Å²) in [5.41, 5.74) is 1.85. The molecule has 0 bridgehead atoms. The van der Waals surface area contributed by atoms with E-state index in [2.05, 4.69) is 10.1 Å². The van der Waals surface area contributed by atoms with Gasteiger partial charge in [-0.1, -0.05) is 11.6 Å². The highest BCUT2D eigenvalue weighted by Gasteiger charge is 1.97. The van der Waals surface area contributed by atoms with Crippen LogP contribution in [0.1, 0.15) is 5.56 Å². The second kappa shape index (κ2) is 2.20. The highest BCUT2D eigenvalue weighted by Crippen LogP contribution is 2.08. The van der Waals surface area contributed by atoms with Crippen LogP contribution in [0.4, 0.5) is 0 Å². The van der Waals surface area contributed by atoms with Crippen LogP contribution in [0, 0.1) is 6.92 Å². The SMILES string of the molecule is Cc1cnc2cc(Cl)nn2c1. The Balaban J connectivity index is 2.82. The normalized spacial score (nSPS) is 10.7. The van der Waals surface area contributed by atoms with Gasteiger partial charge in [-0.05, 0) is 12.5 Å². The number of aromatic nitrogens is 3. The van der Waals surface area contributed by atoms with E-state index in [4.69, 9.17) is 11.6 Å². The van der Waals surface area contributed by atoms with Crippen molar-refractivity contribution >= 4 is 17.2 Å². The Bertz CT molecular complexity index is 393. The summed E-state index contributed by atoms with van der Waals surface area (Å²) in [5.74, 6) is 0. The zero-order chi connectivity index (χ0) is 7.84. The van der Waals surface area contributed by atoms with Crippen LogP contribution in [-0.2, 0) is 0 Å². The molecule has 2 rings (SSSR count). The van der Waals surface area contributed by atoms with Crippen LogP contribution in [0.5, 0.6) is 0 Å². The molecule has 0 amide bonds. The third-order valence-corrected chi connectivity index (χ3v) is 1.60. The van der Waals surface area contributed by atoms with Gasteiger partial charge in [0.1, 0.15) is 0 Å². The van der Waals surface area contributed by atoms with Gasteiger partial charge in [0.25, 0.3) is 0 Å². The number of fused-ring (bicyclic) bond motifs is 1. The number of rotatable bonds is 0. The van der Waals surface area contributed by atoms with Gasteiger partial charge in [-0.3, -0.25) is 0 Å². The first-order chi connectivity index (χ1) is 5.25. The number of halogens is 1. The highest BCUT2D eigenvalue weighted by molar-refractivity contribution is 6.29. The number of aryl methyl sites for hydroxylation is 1. The molecule has 0 spiro atoms. The molecule has 3 nitrogen and oxygen atoms in total. The molecule has 0 saturated heterocycles. The van der Waals surface area contributed by atoms with E-state index in [1.807, 2.05) is 13.1 Å². The summed E-state index contributed by atoms with van der Waals surface area (Å²) in [5, 5.41) is 4.47. The largest absolute Gasteiger partial charge is 0.237 e. The van der Waals surface area contributed by atoms with Crippen molar-refractivity contribution < 1.29 is 0 Å². The molecule has 11 heavy (non-hydrogen) atoms. The molecule has 0 saturated carbocycles. The molecular weight excluding hydrogens is 162 g/mol. The minimum atomic E-state index is 0.475. The van der Waals surface area contributed by atoms with Gasteiger partial charge in [0.05, 0.1) is 0 Å². The minimum Gasteiger partial charge on any atom is -0.237 e. The summed E-state index contributed by atoms with van der Waals surface area (Å²) in [6, 6.07) is 1.72. The monoisotopic (exact) mass is 167 g/mol. The molecule has 0 fully saturated rings. The van der Waals surface area contributed by atoms with Crippen LogP contribution < -0.4 is 0 Å². The lowest BCUT2D eigenvalue weighted by molar-refractivity contribution is 0.928. The molecule has 0 unspecified atom stereocenters. The minimum absolute atomic E-state index is 0.475. The first kappa shape index (κ1) is 6.61. The van der Waals surface area contributed by atoms with Crippen LogP contribution >= 0.6 is 11.6 Å². The molecule has 0 aliphatic carbocycles. The molecule has 2 aromatic rings. The van der Waals surface area contributed by atoms with Crippen molar-refractivity contribution in [1.29, 1.82) is 0 Å². The number of hydrogen-bond donors (Lipinski definition) is 0. The maximum absolute atomic E-state index is 5.66. The Morgan fingerprint density at radius 3 is 3.18 bits per heavy atom. The molecule has 0 radical (unpaired) electrons. The molecule has 4 heteroatoms. The van der Waals surface area contributed by atoms with Crippen molar-refractivity contribution in [2.24, 2.45) is 0 Å². The van der Waals surface area contributed by atoms with E-state index >= 15 is 0 Å². The Hall–Kier alpha value is -1.09. The van der Waals surface area contributed by atoms with E-state index in [1.165, 1.54) is 0 Å². The van der Waals surface area contributed by atoms with Crippen molar-refractivity contribution in [3.63, 3.8) is 0 Å².